The minimum atomic E-state index is -0.486. The number of nitrogens with one attached hydrogen (secondary N) is 2. The molecular formula is C22H32N2O6. The van der Waals surface area contributed by atoms with Gasteiger partial charge in [-0.05, 0) is 36.1 Å². The molecule has 2 N–H and O–H groups in total. The number of benzene rings is 1. The van der Waals surface area contributed by atoms with Gasteiger partial charge in [0.05, 0.1) is 39.0 Å². The molecule has 0 aliphatic carbocycles. The summed E-state index contributed by atoms with van der Waals surface area (Å²) in [5.41, 5.74) is 3.85. The molecule has 0 unspecified atom stereocenters. The lowest BCUT2D eigenvalue weighted by Gasteiger charge is -2.18. The predicted octanol–water partition coefficient (Wildman–Crippen LogP) is 3.58. The third kappa shape index (κ3) is 9.36. The molecule has 0 fully saturated rings. The van der Waals surface area contributed by atoms with Crippen molar-refractivity contribution in [1.82, 2.24) is 10.6 Å². The fourth-order valence-electron chi connectivity index (χ4n) is 2.79. The Bertz CT molecular complexity index is 650. The summed E-state index contributed by atoms with van der Waals surface area (Å²) in [6.45, 7) is 12.7. The summed E-state index contributed by atoms with van der Waals surface area (Å²) < 4.78 is 20.4. The van der Waals surface area contributed by atoms with E-state index in [1.54, 1.807) is 13.8 Å². The molecule has 1 aromatic rings. The van der Waals surface area contributed by atoms with Gasteiger partial charge in [0.2, 0.25) is 0 Å². The number of amides is 2. The standard InChI is InChI=1S/C22H32N2O6/c1-5-27-11-9-17-13-18(10-12-28-6-2)20(16-24-22(26)30-8-4)14-19(17)15-23-21(25)29-7-3/h5-6,13-14H,1-2,7-12,15-16H2,3-4H3,(H,23,25)(H,24,26). The maximum Gasteiger partial charge on any atom is 0.407 e. The van der Waals surface area contributed by atoms with Crippen molar-refractivity contribution in [2.75, 3.05) is 26.4 Å². The molecule has 0 atom stereocenters. The van der Waals surface area contributed by atoms with E-state index in [0.717, 1.165) is 22.3 Å². The van der Waals surface area contributed by atoms with Crippen LogP contribution in [0.1, 0.15) is 36.1 Å². The summed E-state index contributed by atoms with van der Waals surface area (Å²) in [6.07, 6.45) is 3.08. The van der Waals surface area contributed by atoms with Crippen molar-refractivity contribution in [2.45, 2.75) is 39.8 Å². The van der Waals surface area contributed by atoms with Crippen LogP contribution in [0.3, 0.4) is 0 Å². The maximum absolute atomic E-state index is 11.7. The Balaban J connectivity index is 3.12. The van der Waals surface area contributed by atoms with E-state index in [0.29, 0.717) is 39.3 Å². The molecule has 0 radical (unpaired) electrons. The fraction of sp³-hybridized carbons (Fsp3) is 0.455. The molecule has 1 aromatic carbocycles. The smallest absolute Gasteiger partial charge is 0.407 e. The van der Waals surface area contributed by atoms with Gasteiger partial charge in [0.15, 0.2) is 0 Å². The molecule has 0 heterocycles. The minimum Gasteiger partial charge on any atom is -0.501 e. The normalized spacial score (nSPS) is 9.93. The van der Waals surface area contributed by atoms with Gasteiger partial charge in [-0.3, -0.25) is 0 Å². The Kier molecular flexibility index (Phi) is 12.3. The highest BCUT2D eigenvalue weighted by Crippen LogP contribution is 2.20. The molecule has 0 saturated heterocycles. The quantitative estimate of drug-likeness (QED) is 0.353. The molecule has 2 amide bonds. The van der Waals surface area contributed by atoms with Gasteiger partial charge in [-0.15, -0.1) is 0 Å². The van der Waals surface area contributed by atoms with Crippen molar-refractivity contribution in [3.63, 3.8) is 0 Å². The van der Waals surface area contributed by atoms with Crippen molar-refractivity contribution < 1.29 is 28.5 Å². The zero-order valence-corrected chi connectivity index (χ0v) is 17.8. The Morgan fingerprint density at radius 2 is 1.20 bits per heavy atom. The van der Waals surface area contributed by atoms with E-state index in [2.05, 4.69) is 23.8 Å². The first-order valence-corrected chi connectivity index (χ1v) is 9.95. The van der Waals surface area contributed by atoms with E-state index < -0.39 is 12.2 Å². The lowest BCUT2D eigenvalue weighted by atomic mass is 9.94. The lowest BCUT2D eigenvalue weighted by molar-refractivity contribution is 0.151. The molecule has 0 saturated carbocycles. The molecule has 30 heavy (non-hydrogen) atoms. The molecule has 166 valence electrons. The number of alkyl carbamates (subject to hydrolysis) is 2. The zero-order valence-electron chi connectivity index (χ0n) is 17.8. The van der Waals surface area contributed by atoms with Crippen molar-refractivity contribution in [3.8, 4) is 0 Å². The Hall–Kier alpha value is -3.16. The highest BCUT2D eigenvalue weighted by Gasteiger charge is 2.13. The topological polar surface area (TPSA) is 95.1 Å². The third-order valence-electron chi connectivity index (χ3n) is 4.13. The van der Waals surface area contributed by atoms with E-state index in [4.69, 9.17) is 18.9 Å². The Morgan fingerprint density at radius 3 is 1.57 bits per heavy atom. The number of carbonyl (C=O) groups is 2. The molecule has 8 nitrogen and oxygen atoms in total. The van der Waals surface area contributed by atoms with Crippen LogP contribution in [-0.4, -0.2) is 38.6 Å². The molecule has 0 spiro atoms. The van der Waals surface area contributed by atoms with Gasteiger partial charge in [0.1, 0.15) is 0 Å². The number of hydrogen-bond acceptors (Lipinski definition) is 6. The second-order valence-corrected chi connectivity index (χ2v) is 6.11. The van der Waals surface area contributed by atoms with Crippen molar-refractivity contribution in [1.29, 1.82) is 0 Å². The van der Waals surface area contributed by atoms with Gasteiger partial charge in [0.25, 0.3) is 0 Å². The summed E-state index contributed by atoms with van der Waals surface area (Å²) in [7, 11) is 0. The SMILES string of the molecule is C=COCCc1cc(CCOC=C)c(CNC(=O)OCC)cc1CNC(=O)OCC. The lowest BCUT2D eigenvalue weighted by Crippen LogP contribution is -2.26. The molecule has 8 heteroatoms. The molecule has 1 rings (SSSR count). The third-order valence-corrected chi connectivity index (χ3v) is 4.13. The fourth-order valence-corrected chi connectivity index (χ4v) is 2.79. The average molecular weight is 421 g/mol. The van der Waals surface area contributed by atoms with E-state index in [1.165, 1.54) is 12.5 Å². The highest BCUT2D eigenvalue weighted by molar-refractivity contribution is 5.67. The summed E-state index contributed by atoms with van der Waals surface area (Å²) in [5.74, 6) is 0. The van der Waals surface area contributed by atoms with Gasteiger partial charge < -0.3 is 29.6 Å². The zero-order chi connectivity index (χ0) is 22.2. The highest BCUT2D eigenvalue weighted by atomic mass is 16.6. The number of rotatable bonds is 14. The van der Waals surface area contributed by atoms with E-state index in [1.807, 2.05) is 12.1 Å². The first-order chi connectivity index (χ1) is 14.5. The molecule has 0 aromatic heterocycles. The van der Waals surface area contributed by atoms with Crippen molar-refractivity contribution >= 4 is 12.2 Å². The largest absolute Gasteiger partial charge is 0.501 e. The minimum absolute atomic E-state index is 0.290. The van der Waals surface area contributed by atoms with Gasteiger partial charge in [-0.1, -0.05) is 25.3 Å². The summed E-state index contributed by atoms with van der Waals surface area (Å²) in [6, 6.07) is 4.01. The van der Waals surface area contributed by atoms with E-state index in [-0.39, 0.29) is 13.1 Å². The van der Waals surface area contributed by atoms with Crippen LogP contribution in [0.4, 0.5) is 9.59 Å². The van der Waals surface area contributed by atoms with Crippen LogP contribution in [0.5, 0.6) is 0 Å². The van der Waals surface area contributed by atoms with Crippen LogP contribution in [0.15, 0.2) is 37.8 Å². The first-order valence-electron chi connectivity index (χ1n) is 9.95. The van der Waals surface area contributed by atoms with E-state index >= 15 is 0 Å². The number of hydrogen-bond donors (Lipinski definition) is 2. The maximum atomic E-state index is 11.7. The van der Waals surface area contributed by atoms with Crippen LogP contribution >= 0.6 is 0 Å². The molecule has 0 aliphatic heterocycles. The van der Waals surface area contributed by atoms with Crippen LogP contribution < -0.4 is 10.6 Å². The van der Waals surface area contributed by atoms with Crippen molar-refractivity contribution in [3.05, 3.63) is 60.1 Å². The van der Waals surface area contributed by atoms with Crippen LogP contribution in [0.2, 0.25) is 0 Å². The summed E-state index contributed by atoms with van der Waals surface area (Å²) in [5, 5.41) is 5.49. The monoisotopic (exact) mass is 420 g/mol. The number of ether oxygens (including phenoxy) is 4. The van der Waals surface area contributed by atoms with Gasteiger partial charge in [0, 0.05) is 25.9 Å². The summed E-state index contributed by atoms with van der Waals surface area (Å²) >= 11 is 0. The van der Waals surface area contributed by atoms with Crippen LogP contribution in [0, 0.1) is 0 Å². The molecular weight excluding hydrogens is 388 g/mol. The average Bonchev–Trinajstić information content (AvgIpc) is 2.72. The predicted molar refractivity (Wildman–Crippen MR) is 114 cm³/mol. The van der Waals surface area contributed by atoms with Gasteiger partial charge >= 0.3 is 12.2 Å². The Labute approximate surface area is 178 Å². The number of carbonyl (C=O) groups excluding carboxylic acids is 2. The summed E-state index contributed by atoms with van der Waals surface area (Å²) in [4.78, 5) is 23.5. The van der Waals surface area contributed by atoms with Crippen molar-refractivity contribution in [2.24, 2.45) is 0 Å². The van der Waals surface area contributed by atoms with Crippen LogP contribution in [-0.2, 0) is 44.9 Å². The second kappa shape index (κ2) is 14.8. The van der Waals surface area contributed by atoms with Gasteiger partial charge in [-0.2, -0.15) is 0 Å². The van der Waals surface area contributed by atoms with E-state index in [9.17, 15) is 9.59 Å². The molecule has 0 aliphatic rings. The van der Waals surface area contributed by atoms with Gasteiger partial charge in [-0.25, -0.2) is 9.59 Å². The second-order valence-electron chi connectivity index (χ2n) is 6.11. The first kappa shape index (κ1) is 24.9. The molecule has 0 bridgehead atoms. The van der Waals surface area contributed by atoms with Crippen LogP contribution in [0.25, 0.3) is 0 Å². The Morgan fingerprint density at radius 1 is 0.800 bits per heavy atom.